The Morgan fingerprint density at radius 3 is 2.67 bits per heavy atom. The summed E-state index contributed by atoms with van der Waals surface area (Å²) in [5, 5.41) is 13.3. The predicted molar refractivity (Wildman–Crippen MR) is 99.9 cm³/mol. The van der Waals surface area contributed by atoms with Crippen LogP contribution in [0.1, 0.15) is 68.6 Å². The summed E-state index contributed by atoms with van der Waals surface area (Å²) < 4.78 is 0. The van der Waals surface area contributed by atoms with E-state index in [1.54, 1.807) is 0 Å². The summed E-state index contributed by atoms with van der Waals surface area (Å²) in [6, 6.07) is 10.2. The molecule has 0 aromatic heterocycles. The molecule has 1 aromatic rings. The largest absolute Gasteiger partial charge is 0.312 e. The summed E-state index contributed by atoms with van der Waals surface area (Å²) in [6.07, 6.45) is 11.0. The second-order valence-electron chi connectivity index (χ2n) is 8.10. The lowest BCUT2D eigenvalue weighted by atomic mass is 9.69. The Bertz CT molecular complexity index is 594. The minimum absolute atomic E-state index is 0.0543. The Kier molecular flexibility index (Phi) is 5.61. The Morgan fingerprint density at radius 1 is 1.21 bits per heavy atom. The third-order valence-corrected chi connectivity index (χ3v) is 6.45. The first-order valence-corrected chi connectivity index (χ1v) is 9.89. The topological polar surface area (TPSA) is 35.8 Å². The molecule has 0 radical (unpaired) electrons. The highest BCUT2D eigenvalue weighted by molar-refractivity contribution is 5.31. The zero-order valence-corrected chi connectivity index (χ0v) is 15.4. The van der Waals surface area contributed by atoms with Gasteiger partial charge in [0.25, 0.3) is 0 Å². The van der Waals surface area contributed by atoms with Crippen LogP contribution in [0, 0.1) is 29.6 Å². The van der Waals surface area contributed by atoms with Crippen LogP contribution in [-0.4, -0.2) is 12.6 Å². The molecule has 0 spiro atoms. The summed E-state index contributed by atoms with van der Waals surface area (Å²) in [7, 11) is 0. The standard InChI is InChI=1S/C22H32N2/c1-3-19-13-18(10-9-17(19)2)14-20-7-4-5-8-21(20)24-16-22(15-23)11-6-12-22/h9-10,13,20-21,24H,3-8,11-12,14,16H2,1-2H3. The molecule has 1 aromatic carbocycles. The van der Waals surface area contributed by atoms with Gasteiger partial charge in [-0.05, 0) is 68.1 Å². The van der Waals surface area contributed by atoms with Crippen LogP contribution in [0.4, 0.5) is 0 Å². The predicted octanol–water partition coefficient (Wildman–Crippen LogP) is 4.94. The molecular formula is C22H32N2. The molecule has 0 heterocycles. The maximum atomic E-state index is 9.46. The first-order valence-electron chi connectivity index (χ1n) is 9.89. The smallest absolute Gasteiger partial charge is 0.0703 e. The highest BCUT2D eigenvalue weighted by atomic mass is 14.9. The van der Waals surface area contributed by atoms with Crippen molar-refractivity contribution in [1.82, 2.24) is 5.32 Å². The Hall–Kier alpha value is -1.33. The molecular weight excluding hydrogens is 292 g/mol. The van der Waals surface area contributed by atoms with Gasteiger partial charge in [0, 0.05) is 12.6 Å². The van der Waals surface area contributed by atoms with Gasteiger partial charge in [0.05, 0.1) is 11.5 Å². The van der Waals surface area contributed by atoms with Gasteiger partial charge < -0.3 is 5.32 Å². The third-order valence-electron chi connectivity index (χ3n) is 6.45. The summed E-state index contributed by atoms with van der Waals surface area (Å²) in [5.74, 6) is 0.724. The van der Waals surface area contributed by atoms with Gasteiger partial charge in [-0.15, -0.1) is 0 Å². The molecule has 0 bridgehead atoms. The number of hydrogen-bond acceptors (Lipinski definition) is 2. The molecule has 2 saturated carbocycles. The molecule has 2 unspecified atom stereocenters. The van der Waals surface area contributed by atoms with Crippen molar-refractivity contribution in [2.24, 2.45) is 11.3 Å². The van der Waals surface area contributed by atoms with E-state index in [0.717, 1.165) is 31.7 Å². The van der Waals surface area contributed by atoms with E-state index in [1.165, 1.54) is 55.2 Å². The lowest BCUT2D eigenvalue weighted by Crippen LogP contribution is -2.47. The molecule has 2 aliphatic rings. The maximum absolute atomic E-state index is 9.46. The molecule has 2 aliphatic carbocycles. The Labute approximate surface area is 147 Å². The molecule has 2 heteroatoms. The number of nitrogens with zero attached hydrogens (tertiary/aromatic N) is 1. The molecule has 130 valence electrons. The van der Waals surface area contributed by atoms with Gasteiger partial charge in [-0.3, -0.25) is 0 Å². The van der Waals surface area contributed by atoms with E-state index < -0.39 is 0 Å². The van der Waals surface area contributed by atoms with E-state index in [0.29, 0.717) is 6.04 Å². The average Bonchev–Trinajstić information content (AvgIpc) is 2.57. The SMILES string of the molecule is CCc1cc(CC2CCCCC2NCC2(C#N)CCC2)ccc1C. The summed E-state index contributed by atoms with van der Waals surface area (Å²) in [4.78, 5) is 0. The Morgan fingerprint density at radius 2 is 2.00 bits per heavy atom. The molecule has 24 heavy (non-hydrogen) atoms. The van der Waals surface area contributed by atoms with Crippen molar-refractivity contribution >= 4 is 0 Å². The molecule has 1 N–H and O–H groups in total. The molecule has 0 amide bonds. The Balaban J connectivity index is 1.63. The fraction of sp³-hybridized carbons (Fsp3) is 0.682. The molecule has 2 fully saturated rings. The van der Waals surface area contributed by atoms with Crippen molar-refractivity contribution in [2.75, 3.05) is 6.54 Å². The van der Waals surface area contributed by atoms with Crippen LogP contribution in [0.25, 0.3) is 0 Å². The lowest BCUT2D eigenvalue weighted by molar-refractivity contribution is 0.173. The van der Waals surface area contributed by atoms with E-state index in [2.05, 4.69) is 43.4 Å². The van der Waals surface area contributed by atoms with Gasteiger partial charge in [0.1, 0.15) is 0 Å². The van der Waals surface area contributed by atoms with Gasteiger partial charge in [0.2, 0.25) is 0 Å². The van der Waals surface area contributed by atoms with Crippen molar-refractivity contribution in [3.8, 4) is 6.07 Å². The second-order valence-corrected chi connectivity index (χ2v) is 8.10. The first-order chi connectivity index (χ1) is 11.7. The van der Waals surface area contributed by atoms with Crippen LogP contribution in [0.15, 0.2) is 18.2 Å². The normalized spacial score (nSPS) is 25.7. The van der Waals surface area contributed by atoms with Crippen LogP contribution in [0.2, 0.25) is 0 Å². The van der Waals surface area contributed by atoms with E-state index >= 15 is 0 Å². The quantitative estimate of drug-likeness (QED) is 0.804. The fourth-order valence-electron chi connectivity index (χ4n) is 4.51. The second kappa shape index (κ2) is 7.70. The number of hydrogen-bond donors (Lipinski definition) is 1. The summed E-state index contributed by atoms with van der Waals surface area (Å²) in [5.41, 5.74) is 4.35. The first kappa shape index (κ1) is 17.5. The van der Waals surface area contributed by atoms with Crippen molar-refractivity contribution < 1.29 is 0 Å². The minimum Gasteiger partial charge on any atom is -0.312 e. The molecule has 0 saturated heterocycles. The van der Waals surface area contributed by atoms with Crippen LogP contribution >= 0.6 is 0 Å². The number of rotatable bonds is 6. The molecule has 2 nitrogen and oxygen atoms in total. The molecule has 0 aliphatic heterocycles. The van der Waals surface area contributed by atoms with Crippen molar-refractivity contribution in [3.05, 3.63) is 34.9 Å². The van der Waals surface area contributed by atoms with E-state index in [4.69, 9.17) is 0 Å². The highest BCUT2D eigenvalue weighted by Gasteiger charge is 2.38. The fourth-order valence-corrected chi connectivity index (χ4v) is 4.51. The number of benzene rings is 1. The highest BCUT2D eigenvalue weighted by Crippen LogP contribution is 2.40. The van der Waals surface area contributed by atoms with Gasteiger partial charge in [0.15, 0.2) is 0 Å². The van der Waals surface area contributed by atoms with Crippen LogP contribution in [-0.2, 0) is 12.8 Å². The summed E-state index contributed by atoms with van der Waals surface area (Å²) >= 11 is 0. The minimum atomic E-state index is -0.0543. The zero-order chi connectivity index (χ0) is 17.0. The number of nitriles is 1. The van der Waals surface area contributed by atoms with E-state index in [-0.39, 0.29) is 5.41 Å². The van der Waals surface area contributed by atoms with Gasteiger partial charge in [-0.2, -0.15) is 5.26 Å². The number of nitrogens with one attached hydrogen (secondary N) is 1. The van der Waals surface area contributed by atoms with Crippen LogP contribution in [0.3, 0.4) is 0 Å². The third kappa shape index (κ3) is 3.83. The zero-order valence-electron chi connectivity index (χ0n) is 15.4. The van der Waals surface area contributed by atoms with Crippen molar-refractivity contribution in [1.29, 1.82) is 5.26 Å². The van der Waals surface area contributed by atoms with Gasteiger partial charge >= 0.3 is 0 Å². The molecule has 3 rings (SSSR count). The van der Waals surface area contributed by atoms with Gasteiger partial charge in [-0.1, -0.05) is 44.4 Å². The molecule has 2 atom stereocenters. The number of aryl methyl sites for hydroxylation is 2. The van der Waals surface area contributed by atoms with Crippen molar-refractivity contribution in [2.45, 2.75) is 77.7 Å². The van der Waals surface area contributed by atoms with Crippen molar-refractivity contribution in [3.63, 3.8) is 0 Å². The maximum Gasteiger partial charge on any atom is 0.0703 e. The van der Waals surface area contributed by atoms with E-state index in [1.807, 2.05) is 0 Å². The van der Waals surface area contributed by atoms with E-state index in [9.17, 15) is 5.26 Å². The average molecular weight is 325 g/mol. The lowest BCUT2D eigenvalue weighted by Gasteiger charge is -2.39. The van der Waals surface area contributed by atoms with Gasteiger partial charge in [-0.25, -0.2) is 0 Å². The van der Waals surface area contributed by atoms with Crippen LogP contribution < -0.4 is 5.32 Å². The monoisotopic (exact) mass is 324 g/mol. The van der Waals surface area contributed by atoms with Crippen LogP contribution in [0.5, 0.6) is 0 Å². The summed E-state index contributed by atoms with van der Waals surface area (Å²) in [6.45, 7) is 5.36.